The van der Waals surface area contributed by atoms with Crippen LogP contribution in [0.1, 0.15) is 33.9 Å². The molecule has 1 N–H and O–H groups in total. The monoisotopic (exact) mass is 556 g/mol. The normalized spacial score (nSPS) is 11.4. The van der Waals surface area contributed by atoms with Gasteiger partial charge >= 0.3 is 0 Å². The summed E-state index contributed by atoms with van der Waals surface area (Å²) in [5, 5.41) is 3.65. The number of carbonyl (C=O) groups is 2. The molecule has 0 bridgehead atoms. The summed E-state index contributed by atoms with van der Waals surface area (Å²) in [4.78, 5) is 29.5. The third kappa shape index (κ3) is 7.42. The van der Waals surface area contributed by atoms with E-state index in [4.69, 9.17) is 21.1 Å². The van der Waals surface area contributed by atoms with Crippen molar-refractivity contribution in [3.05, 3.63) is 130 Å². The van der Waals surface area contributed by atoms with Gasteiger partial charge in [-0.1, -0.05) is 90.0 Å². The third-order valence-corrected chi connectivity index (χ3v) is 6.90. The Labute approximate surface area is 240 Å². The first-order valence-electron chi connectivity index (χ1n) is 13.0. The van der Waals surface area contributed by atoms with Crippen LogP contribution in [0.4, 0.5) is 0 Å². The summed E-state index contributed by atoms with van der Waals surface area (Å²) in [6.07, 6.45) is 0.0719. The molecule has 0 spiro atoms. The SMILES string of the molecule is COc1ccc(CC(=O)N(Cc2ccc(Cl)cc2)[C@@H](C(=O)NCc2ccc(C)cc2)c2ccccc2)cc1OC. The first-order chi connectivity index (χ1) is 19.4. The van der Waals surface area contributed by atoms with E-state index in [0.717, 1.165) is 27.8 Å². The maximum atomic E-state index is 14.0. The summed E-state index contributed by atoms with van der Waals surface area (Å²) >= 11 is 6.12. The van der Waals surface area contributed by atoms with Crippen molar-refractivity contribution in [3.8, 4) is 11.5 Å². The van der Waals surface area contributed by atoms with E-state index in [9.17, 15) is 9.59 Å². The number of benzene rings is 4. The minimum absolute atomic E-state index is 0.0719. The van der Waals surface area contributed by atoms with Crippen molar-refractivity contribution in [1.82, 2.24) is 10.2 Å². The van der Waals surface area contributed by atoms with Crippen LogP contribution >= 0.6 is 11.6 Å². The van der Waals surface area contributed by atoms with Crippen LogP contribution in [0.2, 0.25) is 5.02 Å². The molecule has 0 aromatic heterocycles. The first-order valence-corrected chi connectivity index (χ1v) is 13.4. The second-order valence-electron chi connectivity index (χ2n) is 9.53. The van der Waals surface area contributed by atoms with Gasteiger partial charge in [-0.3, -0.25) is 9.59 Å². The fourth-order valence-electron chi connectivity index (χ4n) is 4.48. The van der Waals surface area contributed by atoms with E-state index in [1.165, 1.54) is 0 Å². The van der Waals surface area contributed by atoms with Crippen molar-refractivity contribution < 1.29 is 19.1 Å². The van der Waals surface area contributed by atoms with Crippen LogP contribution in [0.25, 0.3) is 0 Å². The number of ether oxygens (including phenoxy) is 2. The fourth-order valence-corrected chi connectivity index (χ4v) is 4.60. The zero-order valence-electron chi connectivity index (χ0n) is 22.9. The number of halogens is 1. The Morgan fingerprint density at radius 2 is 1.43 bits per heavy atom. The molecular weight excluding hydrogens is 524 g/mol. The van der Waals surface area contributed by atoms with Gasteiger partial charge in [0.2, 0.25) is 11.8 Å². The maximum absolute atomic E-state index is 14.0. The van der Waals surface area contributed by atoms with Gasteiger partial charge in [0, 0.05) is 18.1 Å². The number of rotatable bonds is 11. The van der Waals surface area contributed by atoms with Gasteiger partial charge in [0.25, 0.3) is 0 Å². The Morgan fingerprint density at radius 3 is 2.08 bits per heavy atom. The molecule has 4 aromatic rings. The van der Waals surface area contributed by atoms with Gasteiger partial charge < -0.3 is 19.7 Å². The van der Waals surface area contributed by atoms with Crippen LogP contribution in [-0.4, -0.2) is 30.9 Å². The van der Waals surface area contributed by atoms with E-state index < -0.39 is 6.04 Å². The van der Waals surface area contributed by atoms with Gasteiger partial charge in [-0.2, -0.15) is 0 Å². The molecule has 4 rings (SSSR count). The lowest BCUT2D eigenvalue weighted by Gasteiger charge is -2.32. The average molecular weight is 557 g/mol. The maximum Gasteiger partial charge on any atom is 0.247 e. The predicted octanol–water partition coefficient (Wildman–Crippen LogP) is 6.29. The second kappa shape index (κ2) is 13.7. The van der Waals surface area contributed by atoms with Crippen molar-refractivity contribution in [2.75, 3.05) is 14.2 Å². The highest BCUT2D eigenvalue weighted by Crippen LogP contribution is 2.30. The molecule has 0 aliphatic rings. The van der Waals surface area contributed by atoms with Crippen molar-refractivity contribution in [1.29, 1.82) is 0 Å². The molecule has 0 aliphatic heterocycles. The minimum Gasteiger partial charge on any atom is -0.493 e. The van der Waals surface area contributed by atoms with Gasteiger partial charge in [-0.05, 0) is 53.4 Å². The van der Waals surface area contributed by atoms with Crippen molar-refractivity contribution in [2.24, 2.45) is 0 Å². The Hall–Kier alpha value is -4.29. The summed E-state index contributed by atoms with van der Waals surface area (Å²) in [5.74, 6) is 0.643. The van der Waals surface area contributed by atoms with Crippen LogP contribution in [0.3, 0.4) is 0 Å². The summed E-state index contributed by atoms with van der Waals surface area (Å²) in [5.41, 5.74) is 4.45. The standard InChI is InChI=1S/C33H33ClN2O4/c1-23-9-11-24(12-10-23)21-35-33(38)32(27-7-5-4-6-8-27)36(22-25-13-16-28(34)17-14-25)31(37)20-26-15-18-29(39-2)30(19-26)40-3/h4-19,32H,20-22H2,1-3H3,(H,35,38)/t32-/m1/s1. The van der Waals surface area contributed by atoms with Gasteiger partial charge in [-0.25, -0.2) is 0 Å². The van der Waals surface area contributed by atoms with E-state index >= 15 is 0 Å². The van der Waals surface area contributed by atoms with E-state index in [2.05, 4.69) is 5.32 Å². The van der Waals surface area contributed by atoms with Crippen molar-refractivity contribution in [3.63, 3.8) is 0 Å². The Morgan fingerprint density at radius 1 is 0.800 bits per heavy atom. The number of hydrogen-bond acceptors (Lipinski definition) is 4. The van der Waals surface area contributed by atoms with E-state index in [1.807, 2.05) is 79.7 Å². The van der Waals surface area contributed by atoms with Gasteiger partial charge in [0.05, 0.1) is 20.6 Å². The van der Waals surface area contributed by atoms with Gasteiger partial charge in [-0.15, -0.1) is 0 Å². The summed E-state index contributed by atoms with van der Waals surface area (Å²) < 4.78 is 10.8. The molecule has 7 heteroatoms. The largest absolute Gasteiger partial charge is 0.493 e. The van der Waals surface area contributed by atoms with Crippen molar-refractivity contribution in [2.45, 2.75) is 32.5 Å². The molecule has 1 atom stereocenters. The first kappa shape index (κ1) is 28.7. The van der Waals surface area contributed by atoms with Crippen molar-refractivity contribution >= 4 is 23.4 Å². The summed E-state index contributed by atoms with van der Waals surface area (Å²) in [6, 6.07) is 29.2. The molecular formula is C33H33ClN2O4. The fraction of sp³-hybridized carbons (Fsp3) is 0.212. The molecule has 2 amide bonds. The van der Waals surface area contributed by atoms with Crippen LogP contribution in [0.15, 0.2) is 97.1 Å². The Bertz CT molecular complexity index is 1420. The molecule has 206 valence electrons. The molecule has 0 unspecified atom stereocenters. The molecule has 4 aromatic carbocycles. The molecule has 0 heterocycles. The van der Waals surface area contributed by atoms with Gasteiger partial charge in [0.15, 0.2) is 11.5 Å². The van der Waals surface area contributed by atoms with Crippen LogP contribution in [0, 0.1) is 6.92 Å². The number of methoxy groups -OCH3 is 2. The summed E-state index contributed by atoms with van der Waals surface area (Å²) in [7, 11) is 3.12. The zero-order chi connectivity index (χ0) is 28.5. The Kier molecular flexibility index (Phi) is 9.81. The highest BCUT2D eigenvalue weighted by molar-refractivity contribution is 6.30. The van der Waals surface area contributed by atoms with Gasteiger partial charge in [0.1, 0.15) is 6.04 Å². The number of aryl methyl sites for hydroxylation is 1. The lowest BCUT2D eigenvalue weighted by molar-refractivity contribution is -0.141. The highest BCUT2D eigenvalue weighted by Gasteiger charge is 2.31. The summed E-state index contributed by atoms with van der Waals surface area (Å²) in [6.45, 7) is 2.59. The lowest BCUT2D eigenvalue weighted by atomic mass is 10.0. The predicted molar refractivity (Wildman–Crippen MR) is 157 cm³/mol. The highest BCUT2D eigenvalue weighted by atomic mass is 35.5. The minimum atomic E-state index is -0.852. The topological polar surface area (TPSA) is 67.9 Å². The molecule has 0 saturated heterocycles. The van der Waals surface area contributed by atoms with E-state index in [1.54, 1.807) is 43.4 Å². The Balaban J connectivity index is 1.68. The molecule has 6 nitrogen and oxygen atoms in total. The lowest BCUT2D eigenvalue weighted by Crippen LogP contribution is -2.43. The number of nitrogens with zero attached hydrogens (tertiary/aromatic N) is 1. The van der Waals surface area contributed by atoms with Crippen LogP contribution in [0.5, 0.6) is 11.5 Å². The number of nitrogens with one attached hydrogen (secondary N) is 1. The molecule has 40 heavy (non-hydrogen) atoms. The molecule has 0 radical (unpaired) electrons. The quantitative estimate of drug-likeness (QED) is 0.235. The number of carbonyl (C=O) groups excluding carboxylic acids is 2. The zero-order valence-corrected chi connectivity index (χ0v) is 23.7. The second-order valence-corrected chi connectivity index (χ2v) is 9.97. The van der Waals surface area contributed by atoms with E-state index in [-0.39, 0.29) is 24.8 Å². The third-order valence-electron chi connectivity index (χ3n) is 6.65. The molecule has 0 aliphatic carbocycles. The molecule has 0 saturated carbocycles. The number of hydrogen-bond donors (Lipinski definition) is 1. The van der Waals surface area contributed by atoms with Crippen LogP contribution < -0.4 is 14.8 Å². The average Bonchev–Trinajstić information content (AvgIpc) is 2.98. The molecule has 0 fully saturated rings. The smallest absolute Gasteiger partial charge is 0.247 e. The van der Waals surface area contributed by atoms with Crippen LogP contribution in [-0.2, 0) is 29.1 Å². The van der Waals surface area contributed by atoms with E-state index in [0.29, 0.717) is 23.1 Å². The number of amides is 2.